The molecule has 19 heavy (non-hydrogen) atoms. The lowest BCUT2D eigenvalue weighted by molar-refractivity contribution is -0.133. The van der Waals surface area contributed by atoms with Gasteiger partial charge in [-0.25, -0.2) is 9.78 Å². The number of aryl methyl sites for hydroxylation is 1. The number of halogens is 1. The van der Waals surface area contributed by atoms with Crippen LogP contribution in [0.1, 0.15) is 16.3 Å². The summed E-state index contributed by atoms with van der Waals surface area (Å²) in [6.45, 7) is 1.90. The SMILES string of the molecule is COC(=O)/C(=C\c1ccc(Br)cc1)c1nc(C)cs1. The molecule has 3 nitrogen and oxygen atoms in total. The molecule has 0 aliphatic carbocycles. The molecule has 0 saturated carbocycles. The maximum atomic E-state index is 11.9. The third-order valence-electron chi connectivity index (χ3n) is 2.44. The minimum Gasteiger partial charge on any atom is -0.465 e. The van der Waals surface area contributed by atoms with Crippen molar-refractivity contribution in [2.24, 2.45) is 0 Å². The molecule has 0 aliphatic rings. The van der Waals surface area contributed by atoms with E-state index in [1.165, 1.54) is 18.4 Å². The summed E-state index contributed by atoms with van der Waals surface area (Å²) in [6, 6.07) is 7.70. The highest BCUT2D eigenvalue weighted by atomic mass is 79.9. The van der Waals surface area contributed by atoms with Gasteiger partial charge in [0.2, 0.25) is 0 Å². The monoisotopic (exact) mass is 337 g/mol. The molecule has 1 aromatic heterocycles. The van der Waals surface area contributed by atoms with Crippen molar-refractivity contribution in [2.75, 3.05) is 7.11 Å². The van der Waals surface area contributed by atoms with Crippen LogP contribution in [0.25, 0.3) is 11.6 Å². The smallest absolute Gasteiger partial charge is 0.340 e. The molecule has 0 fully saturated rings. The maximum absolute atomic E-state index is 11.9. The lowest BCUT2D eigenvalue weighted by atomic mass is 10.1. The van der Waals surface area contributed by atoms with E-state index < -0.39 is 0 Å². The van der Waals surface area contributed by atoms with Gasteiger partial charge >= 0.3 is 5.97 Å². The van der Waals surface area contributed by atoms with Crippen molar-refractivity contribution in [3.8, 4) is 0 Å². The number of hydrogen-bond acceptors (Lipinski definition) is 4. The third-order valence-corrected chi connectivity index (χ3v) is 3.96. The largest absolute Gasteiger partial charge is 0.465 e. The van der Waals surface area contributed by atoms with Crippen LogP contribution in [-0.2, 0) is 9.53 Å². The Morgan fingerprint density at radius 2 is 2.05 bits per heavy atom. The highest BCUT2D eigenvalue weighted by Crippen LogP contribution is 2.23. The van der Waals surface area contributed by atoms with E-state index in [2.05, 4.69) is 20.9 Å². The van der Waals surface area contributed by atoms with E-state index in [0.29, 0.717) is 10.6 Å². The van der Waals surface area contributed by atoms with Gasteiger partial charge in [-0.1, -0.05) is 28.1 Å². The summed E-state index contributed by atoms with van der Waals surface area (Å²) < 4.78 is 5.82. The molecule has 0 N–H and O–H groups in total. The van der Waals surface area contributed by atoms with Gasteiger partial charge < -0.3 is 4.74 Å². The predicted octanol–water partition coefficient (Wildman–Crippen LogP) is 3.93. The molecule has 0 amide bonds. The van der Waals surface area contributed by atoms with Crippen molar-refractivity contribution >= 4 is 44.9 Å². The van der Waals surface area contributed by atoms with Gasteiger partial charge in [0.1, 0.15) is 5.01 Å². The van der Waals surface area contributed by atoms with Crippen molar-refractivity contribution in [3.63, 3.8) is 0 Å². The Morgan fingerprint density at radius 1 is 1.37 bits per heavy atom. The van der Waals surface area contributed by atoms with E-state index in [9.17, 15) is 4.79 Å². The van der Waals surface area contributed by atoms with Crippen LogP contribution >= 0.6 is 27.3 Å². The zero-order valence-corrected chi connectivity index (χ0v) is 12.9. The first-order valence-electron chi connectivity index (χ1n) is 5.58. The lowest BCUT2D eigenvalue weighted by Crippen LogP contribution is -2.03. The Balaban J connectivity index is 2.43. The van der Waals surface area contributed by atoms with Crippen LogP contribution in [0.3, 0.4) is 0 Å². The van der Waals surface area contributed by atoms with Crippen molar-refractivity contribution in [3.05, 3.63) is 50.4 Å². The predicted molar refractivity (Wildman–Crippen MR) is 80.9 cm³/mol. The molecule has 5 heteroatoms. The number of hydrogen-bond donors (Lipinski definition) is 0. The molecule has 0 radical (unpaired) electrons. The summed E-state index contributed by atoms with van der Waals surface area (Å²) in [5.41, 5.74) is 2.30. The Kier molecular flexibility index (Phi) is 4.50. The number of ether oxygens (including phenoxy) is 1. The van der Waals surface area contributed by atoms with Crippen LogP contribution < -0.4 is 0 Å². The van der Waals surface area contributed by atoms with Gasteiger partial charge in [-0.15, -0.1) is 11.3 Å². The van der Waals surface area contributed by atoms with Gasteiger partial charge in [0.25, 0.3) is 0 Å². The van der Waals surface area contributed by atoms with Crippen LogP contribution in [0.2, 0.25) is 0 Å². The normalized spacial score (nSPS) is 11.4. The van der Waals surface area contributed by atoms with Crippen LogP contribution in [-0.4, -0.2) is 18.1 Å². The highest BCUT2D eigenvalue weighted by Gasteiger charge is 2.15. The summed E-state index contributed by atoms with van der Waals surface area (Å²) in [5, 5.41) is 2.58. The molecule has 0 aliphatic heterocycles. The van der Waals surface area contributed by atoms with E-state index in [4.69, 9.17) is 4.74 Å². The topological polar surface area (TPSA) is 39.2 Å². The first kappa shape index (κ1) is 14.0. The number of aromatic nitrogens is 1. The van der Waals surface area contributed by atoms with Crippen LogP contribution in [0, 0.1) is 6.92 Å². The minimum absolute atomic E-state index is 0.378. The second-order valence-corrected chi connectivity index (χ2v) is 5.67. The summed E-state index contributed by atoms with van der Waals surface area (Å²) in [4.78, 5) is 16.2. The summed E-state index contributed by atoms with van der Waals surface area (Å²) in [6.07, 6.45) is 1.79. The Morgan fingerprint density at radius 3 is 2.58 bits per heavy atom. The standard InChI is InChI=1S/C14H12BrNO2S/c1-9-8-19-13(16-9)12(14(17)18-2)7-10-3-5-11(15)6-4-10/h3-8H,1-2H3/b12-7-. The Labute approximate surface area is 124 Å². The third kappa shape index (κ3) is 3.52. The van der Waals surface area contributed by atoms with Crippen molar-refractivity contribution in [2.45, 2.75) is 6.92 Å². The van der Waals surface area contributed by atoms with E-state index in [0.717, 1.165) is 15.7 Å². The van der Waals surface area contributed by atoms with E-state index in [1.54, 1.807) is 6.08 Å². The molecule has 0 spiro atoms. The second kappa shape index (κ2) is 6.12. The molecule has 1 aromatic carbocycles. The number of thiazole rings is 1. The summed E-state index contributed by atoms with van der Waals surface area (Å²) >= 11 is 4.81. The van der Waals surface area contributed by atoms with Gasteiger partial charge in [-0.3, -0.25) is 0 Å². The number of nitrogens with zero attached hydrogens (tertiary/aromatic N) is 1. The van der Waals surface area contributed by atoms with Crippen LogP contribution in [0.4, 0.5) is 0 Å². The molecule has 1 heterocycles. The average Bonchev–Trinajstić information content (AvgIpc) is 2.83. The molecule has 98 valence electrons. The fourth-order valence-electron chi connectivity index (χ4n) is 1.52. The van der Waals surface area contributed by atoms with Crippen LogP contribution in [0.15, 0.2) is 34.1 Å². The number of rotatable bonds is 3. The molecular weight excluding hydrogens is 326 g/mol. The van der Waals surface area contributed by atoms with Crippen LogP contribution in [0.5, 0.6) is 0 Å². The fourth-order valence-corrected chi connectivity index (χ4v) is 2.59. The zero-order chi connectivity index (χ0) is 13.8. The van der Waals surface area contributed by atoms with Gasteiger partial charge in [-0.2, -0.15) is 0 Å². The van der Waals surface area contributed by atoms with Gasteiger partial charge in [0.15, 0.2) is 0 Å². The molecule has 2 aromatic rings. The molecule has 2 rings (SSSR count). The van der Waals surface area contributed by atoms with Crippen molar-refractivity contribution < 1.29 is 9.53 Å². The van der Waals surface area contributed by atoms with Gasteiger partial charge in [0.05, 0.1) is 12.7 Å². The Bertz CT molecular complexity index is 617. The number of carbonyl (C=O) groups excluding carboxylic acids is 1. The molecule has 0 saturated heterocycles. The number of benzene rings is 1. The lowest BCUT2D eigenvalue weighted by Gasteiger charge is -2.02. The first-order chi connectivity index (χ1) is 9.10. The van der Waals surface area contributed by atoms with Gasteiger partial charge in [0, 0.05) is 15.5 Å². The number of methoxy groups -OCH3 is 1. The Hall–Kier alpha value is -1.46. The number of esters is 1. The molecule has 0 bridgehead atoms. The minimum atomic E-state index is -0.378. The van der Waals surface area contributed by atoms with E-state index >= 15 is 0 Å². The molecule has 0 atom stereocenters. The average molecular weight is 338 g/mol. The van der Waals surface area contributed by atoms with E-state index in [-0.39, 0.29) is 5.97 Å². The summed E-state index contributed by atoms with van der Waals surface area (Å²) in [7, 11) is 1.37. The molecule has 0 unspecified atom stereocenters. The fraction of sp³-hybridized carbons (Fsp3) is 0.143. The van der Waals surface area contributed by atoms with E-state index in [1.807, 2.05) is 36.6 Å². The van der Waals surface area contributed by atoms with Crippen molar-refractivity contribution in [1.82, 2.24) is 4.98 Å². The zero-order valence-electron chi connectivity index (χ0n) is 10.5. The van der Waals surface area contributed by atoms with Gasteiger partial charge in [-0.05, 0) is 30.7 Å². The second-order valence-electron chi connectivity index (χ2n) is 3.90. The highest BCUT2D eigenvalue weighted by molar-refractivity contribution is 9.10. The quantitative estimate of drug-likeness (QED) is 0.629. The van der Waals surface area contributed by atoms with Crippen molar-refractivity contribution in [1.29, 1.82) is 0 Å². The number of carbonyl (C=O) groups is 1. The molecular formula is C14H12BrNO2S. The first-order valence-corrected chi connectivity index (χ1v) is 7.25. The summed E-state index contributed by atoms with van der Waals surface area (Å²) in [5.74, 6) is -0.378. The maximum Gasteiger partial charge on any atom is 0.340 e.